The zero-order valence-electron chi connectivity index (χ0n) is 12.5. The van der Waals surface area contributed by atoms with Gasteiger partial charge < -0.3 is 0 Å². The summed E-state index contributed by atoms with van der Waals surface area (Å²) in [6, 6.07) is 0.731. The number of nitrogens with zero attached hydrogens (tertiary/aromatic N) is 4. The van der Waals surface area contributed by atoms with Crippen molar-refractivity contribution in [1.82, 2.24) is 24.6 Å². The summed E-state index contributed by atoms with van der Waals surface area (Å²) in [7, 11) is -2.07. The van der Waals surface area contributed by atoms with Crippen molar-refractivity contribution in [2.24, 2.45) is 7.05 Å². The summed E-state index contributed by atoms with van der Waals surface area (Å²) in [5.74, 6) is 0. The second-order valence-electron chi connectivity index (χ2n) is 5.13. The molecular weight excluding hydrogens is 346 g/mol. The molecule has 7 nitrogen and oxygen atoms in total. The van der Waals surface area contributed by atoms with E-state index in [2.05, 4.69) is 63.6 Å². The van der Waals surface area contributed by atoms with Crippen molar-refractivity contribution in [1.29, 1.82) is 0 Å². The third kappa shape index (κ3) is 4.24. The van der Waals surface area contributed by atoms with Gasteiger partial charge >= 0.3 is 0 Å². The molecule has 0 aromatic carbocycles. The van der Waals surface area contributed by atoms with E-state index in [-0.39, 0.29) is 9.63 Å². The molecule has 0 fully saturated rings. The minimum absolute atomic E-state index is 0.0399. The third-order valence-electron chi connectivity index (χ3n) is 2.98. The highest BCUT2D eigenvalue weighted by Gasteiger charge is 2.24. The number of aryl methyl sites for hydroxylation is 1. The number of hydrogen-bond acceptors (Lipinski definition) is 5. The van der Waals surface area contributed by atoms with Crippen molar-refractivity contribution in [3.63, 3.8) is 0 Å². The molecule has 20 heavy (non-hydrogen) atoms. The second-order valence-corrected chi connectivity index (χ2v) is 7.57. The van der Waals surface area contributed by atoms with E-state index in [0.717, 1.165) is 0 Å². The average molecular weight is 368 g/mol. The van der Waals surface area contributed by atoms with Gasteiger partial charge in [0, 0.05) is 32.2 Å². The highest BCUT2D eigenvalue weighted by Crippen LogP contribution is 2.17. The zero-order chi connectivity index (χ0) is 15.5. The maximum absolute atomic E-state index is 12.2. The van der Waals surface area contributed by atoms with Crippen LogP contribution in [0.2, 0.25) is 0 Å². The Bertz CT molecular complexity index is 514. The van der Waals surface area contributed by atoms with E-state index >= 15 is 0 Å². The monoisotopic (exact) mass is 367 g/mol. The van der Waals surface area contributed by atoms with Gasteiger partial charge in [-0.15, -0.1) is 5.10 Å². The van der Waals surface area contributed by atoms with E-state index in [4.69, 9.17) is 0 Å². The Morgan fingerprint density at radius 3 is 2.25 bits per heavy atom. The molecule has 1 rings (SSSR count). The van der Waals surface area contributed by atoms with Gasteiger partial charge in [-0.3, -0.25) is 4.90 Å². The molecule has 1 heterocycles. The Hall–Kier alpha value is -0.510. The maximum Gasteiger partial charge on any atom is 0.260 e. The molecule has 1 N–H and O–H groups in total. The van der Waals surface area contributed by atoms with Crippen molar-refractivity contribution in [2.45, 2.75) is 44.8 Å². The Morgan fingerprint density at radius 1 is 1.30 bits per heavy atom. The van der Waals surface area contributed by atoms with Crippen LogP contribution in [0.3, 0.4) is 0 Å². The first-order valence-corrected chi connectivity index (χ1v) is 8.75. The lowest BCUT2D eigenvalue weighted by Crippen LogP contribution is -2.42. The van der Waals surface area contributed by atoms with Crippen LogP contribution in [0, 0.1) is 0 Å². The van der Waals surface area contributed by atoms with Crippen LogP contribution in [0.5, 0.6) is 0 Å². The largest absolute Gasteiger partial charge is 0.297 e. The second kappa shape index (κ2) is 6.97. The van der Waals surface area contributed by atoms with Crippen molar-refractivity contribution in [3.05, 3.63) is 4.60 Å². The fraction of sp³-hybridized carbons (Fsp3) is 0.818. The van der Waals surface area contributed by atoms with Crippen LogP contribution in [0.15, 0.2) is 9.63 Å². The van der Waals surface area contributed by atoms with Crippen molar-refractivity contribution >= 4 is 26.0 Å². The number of hydrogen-bond donors (Lipinski definition) is 1. The molecule has 0 amide bonds. The molecule has 116 valence electrons. The molecule has 0 aliphatic heterocycles. The van der Waals surface area contributed by atoms with Gasteiger partial charge in [-0.25, -0.2) is 17.8 Å². The summed E-state index contributed by atoms with van der Waals surface area (Å²) in [4.78, 5) is 2.22. The molecule has 0 radical (unpaired) electrons. The predicted molar refractivity (Wildman–Crippen MR) is 80.9 cm³/mol. The van der Waals surface area contributed by atoms with Gasteiger partial charge in [-0.2, -0.15) is 0 Å². The summed E-state index contributed by atoms with van der Waals surface area (Å²) in [6.07, 6.45) is 0. The van der Waals surface area contributed by atoms with Crippen molar-refractivity contribution < 1.29 is 8.42 Å². The summed E-state index contributed by atoms with van der Waals surface area (Å²) < 4.78 is 28.4. The highest BCUT2D eigenvalue weighted by molar-refractivity contribution is 9.10. The molecule has 1 aromatic rings. The van der Waals surface area contributed by atoms with Crippen LogP contribution in [0.4, 0.5) is 0 Å². The van der Waals surface area contributed by atoms with Gasteiger partial charge in [-0.1, -0.05) is 5.21 Å². The first kappa shape index (κ1) is 17.5. The number of halogens is 1. The number of sulfonamides is 1. The van der Waals surface area contributed by atoms with Crippen molar-refractivity contribution in [2.75, 3.05) is 13.1 Å². The summed E-state index contributed by atoms with van der Waals surface area (Å²) in [5.41, 5.74) is 0. The fourth-order valence-electron chi connectivity index (χ4n) is 2.10. The minimum atomic E-state index is -3.61. The van der Waals surface area contributed by atoms with E-state index in [0.29, 0.717) is 25.2 Å². The summed E-state index contributed by atoms with van der Waals surface area (Å²) >= 11 is 3.10. The van der Waals surface area contributed by atoms with Crippen LogP contribution >= 0.6 is 15.9 Å². The first-order valence-electron chi connectivity index (χ1n) is 6.47. The molecular formula is C11H22BrN5O2S. The maximum atomic E-state index is 12.2. The lowest BCUT2D eigenvalue weighted by atomic mass is 10.2. The van der Waals surface area contributed by atoms with Gasteiger partial charge in [0.05, 0.1) is 0 Å². The van der Waals surface area contributed by atoms with E-state index in [1.165, 1.54) is 4.68 Å². The molecule has 0 atom stereocenters. The normalized spacial score (nSPS) is 12.8. The summed E-state index contributed by atoms with van der Waals surface area (Å²) in [5, 5.41) is 7.39. The lowest BCUT2D eigenvalue weighted by Gasteiger charge is -2.30. The number of rotatable bonds is 7. The smallest absolute Gasteiger partial charge is 0.260 e. The van der Waals surface area contributed by atoms with E-state index in [1.54, 1.807) is 7.05 Å². The number of nitrogens with one attached hydrogen (secondary N) is 1. The molecule has 0 aliphatic rings. The topological polar surface area (TPSA) is 80.1 Å². The third-order valence-corrected chi connectivity index (χ3v) is 5.33. The predicted octanol–water partition coefficient (Wildman–Crippen LogP) is 0.975. The molecule has 0 bridgehead atoms. The minimum Gasteiger partial charge on any atom is -0.297 e. The number of aromatic nitrogens is 3. The fourth-order valence-corrected chi connectivity index (χ4v) is 4.21. The highest BCUT2D eigenvalue weighted by atomic mass is 79.9. The molecule has 0 saturated heterocycles. The Balaban J connectivity index is 2.70. The quantitative estimate of drug-likeness (QED) is 0.776. The van der Waals surface area contributed by atoms with Gasteiger partial charge in [0.15, 0.2) is 4.60 Å². The Kier molecular flexibility index (Phi) is 6.11. The molecule has 0 spiro atoms. The molecule has 0 aliphatic carbocycles. The Morgan fingerprint density at radius 2 is 1.85 bits per heavy atom. The van der Waals surface area contributed by atoms with E-state index in [1.807, 2.05) is 0 Å². The molecule has 1 aromatic heterocycles. The van der Waals surface area contributed by atoms with Gasteiger partial charge in [0.25, 0.3) is 10.0 Å². The van der Waals surface area contributed by atoms with Crippen LogP contribution in [-0.4, -0.2) is 53.5 Å². The van der Waals surface area contributed by atoms with Crippen LogP contribution < -0.4 is 4.72 Å². The Labute approximate surface area is 128 Å². The molecule has 9 heteroatoms. The van der Waals surface area contributed by atoms with Crippen LogP contribution in [-0.2, 0) is 17.1 Å². The van der Waals surface area contributed by atoms with Gasteiger partial charge in [0.1, 0.15) is 0 Å². The van der Waals surface area contributed by atoms with Crippen LogP contribution in [0.1, 0.15) is 27.7 Å². The van der Waals surface area contributed by atoms with E-state index in [9.17, 15) is 8.42 Å². The first-order chi connectivity index (χ1) is 9.16. The van der Waals surface area contributed by atoms with Gasteiger partial charge in [0.2, 0.25) is 5.03 Å². The standard InChI is InChI=1S/C11H22BrN5O2S/c1-8(2)17(9(3)4)7-6-13-20(18,19)11-10(12)14-15-16(11)5/h8-9,13H,6-7H2,1-5H3. The zero-order valence-corrected chi connectivity index (χ0v) is 14.9. The van der Waals surface area contributed by atoms with E-state index < -0.39 is 10.0 Å². The van der Waals surface area contributed by atoms with Gasteiger partial charge in [-0.05, 0) is 43.6 Å². The van der Waals surface area contributed by atoms with Crippen molar-refractivity contribution in [3.8, 4) is 0 Å². The average Bonchev–Trinajstić information content (AvgIpc) is 2.64. The van der Waals surface area contributed by atoms with Crippen LogP contribution in [0.25, 0.3) is 0 Å². The summed E-state index contributed by atoms with van der Waals surface area (Å²) in [6.45, 7) is 9.37. The lowest BCUT2D eigenvalue weighted by molar-refractivity contribution is 0.179. The SMILES string of the molecule is CC(C)N(CCNS(=O)(=O)c1c(Br)nnn1C)C(C)C. The molecule has 0 saturated carbocycles. The molecule has 0 unspecified atom stereocenters.